The quantitative estimate of drug-likeness (QED) is 0.469. The van der Waals surface area contributed by atoms with Gasteiger partial charge in [0.1, 0.15) is 0 Å². The SMILES string of the molecule is CCCCC(CO)C(O)CC.Cc1ccc(C(=O)O)cc1.Cc1ccc(C(=O)O)cc1. The molecule has 0 radical (unpaired) electrons. The predicted octanol–water partition coefficient (Wildman–Crippen LogP) is 4.94. The van der Waals surface area contributed by atoms with Crippen molar-refractivity contribution in [2.75, 3.05) is 6.61 Å². The Balaban J connectivity index is 0.000000436. The summed E-state index contributed by atoms with van der Waals surface area (Å²) in [4.78, 5) is 20.6. The highest BCUT2D eigenvalue weighted by Crippen LogP contribution is 2.14. The number of hydrogen-bond donors (Lipinski definition) is 4. The lowest BCUT2D eigenvalue weighted by Gasteiger charge is -2.18. The summed E-state index contributed by atoms with van der Waals surface area (Å²) in [6, 6.07) is 13.5. The van der Waals surface area contributed by atoms with Crippen LogP contribution in [0, 0.1) is 19.8 Å². The summed E-state index contributed by atoms with van der Waals surface area (Å²) >= 11 is 0. The van der Waals surface area contributed by atoms with E-state index in [0.717, 1.165) is 36.8 Å². The highest BCUT2D eigenvalue weighted by molar-refractivity contribution is 5.87. The molecular weight excluding hydrogens is 396 g/mol. The average Bonchev–Trinajstić information content (AvgIpc) is 2.75. The van der Waals surface area contributed by atoms with Crippen LogP contribution in [0.2, 0.25) is 0 Å². The Morgan fingerprint density at radius 1 is 0.806 bits per heavy atom. The highest BCUT2D eigenvalue weighted by atomic mass is 16.4. The van der Waals surface area contributed by atoms with Gasteiger partial charge < -0.3 is 20.4 Å². The number of aliphatic hydroxyl groups excluding tert-OH is 2. The van der Waals surface area contributed by atoms with Crippen LogP contribution in [0.1, 0.15) is 71.4 Å². The van der Waals surface area contributed by atoms with E-state index in [-0.39, 0.29) is 18.6 Å². The summed E-state index contributed by atoms with van der Waals surface area (Å²) < 4.78 is 0. The van der Waals surface area contributed by atoms with E-state index in [1.807, 2.05) is 20.8 Å². The van der Waals surface area contributed by atoms with Crippen LogP contribution in [0.4, 0.5) is 0 Å². The zero-order valence-electron chi connectivity index (χ0n) is 18.9. The molecule has 0 aromatic heterocycles. The smallest absolute Gasteiger partial charge is 0.335 e. The second-order valence-corrected chi connectivity index (χ2v) is 7.40. The van der Waals surface area contributed by atoms with Gasteiger partial charge >= 0.3 is 11.9 Å². The number of aliphatic hydroxyl groups is 2. The third-order valence-electron chi connectivity index (χ3n) is 4.72. The Bertz CT molecular complexity index is 697. The summed E-state index contributed by atoms with van der Waals surface area (Å²) in [6.07, 6.45) is 3.61. The average molecular weight is 433 g/mol. The number of hydrogen-bond acceptors (Lipinski definition) is 4. The molecule has 2 aromatic carbocycles. The van der Waals surface area contributed by atoms with Crippen LogP contribution in [0.15, 0.2) is 48.5 Å². The van der Waals surface area contributed by atoms with Gasteiger partial charge in [0, 0.05) is 12.5 Å². The molecule has 172 valence electrons. The van der Waals surface area contributed by atoms with Crippen molar-refractivity contribution in [1.82, 2.24) is 0 Å². The summed E-state index contributed by atoms with van der Waals surface area (Å²) in [5, 5.41) is 35.2. The molecule has 0 saturated carbocycles. The Hall–Kier alpha value is -2.70. The first-order chi connectivity index (χ1) is 14.7. The van der Waals surface area contributed by atoms with E-state index in [1.54, 1.807) is 48.5 Å². The van der Waals surface area contributed by atoms with E-state index in [0.29, 0.717) is 11.1 Å². The highest BCUT2D eigenvalue weighted by Gasteiger charge is 2.15. The van der Waals surface area contributed by atoms with Gasteiger partial charge in [0.05, 0.1) is 17.2 Å². The lowest BCUT2D eigenvalue weighted by atomic mass is 9.95. The predicted molar refractivity (Wildman–Crippen MR) is 123 cm³/mol. The standard InChI is InChI=1S/C9H20O2.2C8H8O2/c1-3-5-6-8(7-10)9(11)4-2;2*1-6-2-4-7(5-3-6)8(9)10/h8-11H,3-7H2,1-2H3;2*2-5H,1H3,(H,9,10). The molecule has 0 aliphatic carbocycles. The lowest BCUT2D eigenvalue weighted by Crippen LogP contribution is -2.22. The minimum atomic E-state index is -0.875. The molecule has 0 aliphatic heterocycles. The van der Waals surface area contributed by atoms with Crippen molar-refractivity contribution in [3.8, 4) is 0 Å². The van der Waals surface area contributed by atoms with Gasteiger partial charge in [-0.2, -0.15) is 0 Å². The number of carboxylic acid groups (broad SMARTS) is 2. The van der Waals surface area contributed by atoms with Gasteiger partial charge in [0.25, 0.3) is 0 Å². The second kappa shape index (κ2) is 16.1. The van der Waals surface area contributed by atoms with E-state index >= 15 is 0 Å². The van der Waals surface area contributed by atoms with E-state index in [2.05, 4.69) is 6.92 Å². The fourth-order valence-corrected chi connectivity index (χ4v) is 2.60. The van der Waals surface area contributed by atoms with Crippen LogP contribution in [0.25, 0.3) is 0 Å². The number of unbranched alkanes of at least 4 members (excludes halogenated alkanes) is 1. The number of carbonyl (C=O) groups is 2. The van der Waals surface area contributed by atoms with Gasteiger partial charge in [0.2, 0.25) is 0 Å². The van der Waals surface area contributed by atoms with Crippen molar-refractivity contribution >= 4 is 11.9 Å². The maximum atomic E-state index is 10.3. The molecule has 6 heteroatoms. The molecule has 2 rings (SSSR count). The topological polar surface area (TPSA) is 115 Å². The molecule has 0 heterocycles. The number of carboxylic acids is 2. The summed E-state index contributed by atoms with van der Waals surface area (Å²) in [5.41, 5.74) is 2.83. The van der Waals surface area contributed by atoms with Crippen molar-refractivity contribution < 1.29 is 30.0 Å². The molecule has 0 aliphatic rings. The molecule has 0 fully saturated rings. The molecule has 6 nitrogen and oxygen atoms in total. The molecule has 2 unspecified atom stereocenters. The van der Waals surface area contributed by atoms with E-state index in [1.165, 1.54) is 0 Å². The second-order valence-electron chi connectivity index (χ2n) is 7.40. The normalized spacial score (nSPS) is 11.8. The minimum absolute atomic E-state index is 0.0972. The van der Waals surface area contributed by atoms with Crippen molar-refractivity contribution in [2.24, 2.45) is 5.92 Å². The maximum Gasteiger partial charge on any atom is 0.335 e. The van der Waals surface area contributed by atoms with E-state index in [4.69, 9.17) is 15.3 Å². The maximum absolute atomic E-state index is 10.3. The van der Waals surface area contributed by atoms with Crippen molar-refractivity contribution in [2.45, 2.75) is 59.5 Å². The monoisotopic (exact) mass is 432 g/mol. The van der Waals surface area contributed by atoms with Gasteiger partial charge in [-0.05, 0) is 51.0 Å². The van der Waals surface area contributed by atoms with Crippen LogP contribution in [0.5, 0.6) is 0 Å². The molecule has 2 aromatic rings. The van der Waals surface area contributed by atoms with E-state index < -0.39 is 11.9 Å². The molecular formula is C25H36O6. The Morgan fingerprint density at radius 2 is 1.19 bits per heavy atom. The Morgan fingerprint density at radius 3 is 1.45 bits per heavy atom. The Labute approximate surface area is 185 Å². The van der Waals surface area contributed by atoms with Crippen LogP contribution < -0.4 is 0 Å². The minimum Gasteiger partial charge on any atom is -0.478 e. The van der Waals surface area contributed by atoms with Crippen LogP contribution >= 0.6 is 0 Å². The number of aryl methyl sites for hydroxylation is 2. The van der Waals surface area contributed by atoms with Gasteiger partial charge in [-0.1, -0.05) is 62.1 Å². The molecule has 0 saturated heterocycles. The Kier molecular flexibility index (Phi) is 14.7. The van der Waals surface area contributed by atoms with E-state index in [9.17, 15) is 14.7 Å². The third-order valence-corrected chi connectivity index (χ3v) is 4.72. The third kappa shape index (κ3) is 12.6. The number of benzene rings is 2. The van der Waals surface area contributed by atoms with Crippen LogP contribution in [0.3, 0.4) is 0 Å². The van der Waals surface area contributed by atoms with Crippen molar-refractivity contribution in [1.29, 1.82) is 0 Å². The molecule has 0 spiro atoms. The first-order valence-electron chi connectivity index (χ1n) is 10.5. The number of aromatic carboxylic acids is 2. The number of rotatable bonds is 8. The summed E-state index contributed by atoms with van der Waals surface area (Å²) in [5.74, 6) is -1.65. The van der Waals surface area contributed by atoms with Crippen LogP contribution in [-0.2, 0) is 0 Å². The van der Waals surface area contributed by atoms with Crippen molar-refractivity contribution in [3.05, 3.63) is 70.8 Å². The largest absolute Gasteiger partial charge is 0.478 e. The molecule has 2 atom stereocenters. The van der Waals surface area contributed by atoms with Crippen molar-refractivity contribution in [3.63, 3.8) is 0 Å². The first kappa shape index (κ1) is 28.3. The fourth-order valence-electron chi connectivity index (χ4n) is 2.60. The van der Waals surface area contributed by atoms with Gasteiger partial charge in [-0.25, -0.2) is 9.59 Å². The summed E-state index contributed by atoms with van der Waals surface area (Å²) in [7, 11) is 0. The molecule has 31 heavy (non-hydrogen) atoms. The lowest BCUT2D eigenvalue weighted by molar-refractivity contribution is 0.0585. The molecule has 0 bridgehead atoms. The van der Waals surface area contributed by atoms with Gasteiger partial charge in [0.15, 0.2) is 0 Å². The summed E-state index contributed by atoms with van der Waals surface area (Å²) in [6.45, 7) is 8.03. The molecule has 0 amide bonds. The zero-order chi connectivity index (χ0) is 23.8. The fraction of sp³-hybridized carbons (Fsp3) is 0.440. The van der Waals surface area contributed by atoms with Crippen LogP contribution in [-0.4, -0.2) is 45.1 Å². The first-order valence-corrected chi connectivity index (χ1v) is 10.5. The zero-order valence-corrected chi connectivity index (χ0v) is 18.9. The molecule has 4 N–H and O–H groups in total. The van der Waals surface area contributed by atoms with Gasteiger partial charge in [-0.3, -0.25) is 0 Å². The van der Waals surface area contributed by atoms with Gasteiger partial charge in [-0.15, -0.1) is 0 Å².